The van der Waals surface area contributed by atoms with Crippen molar-refractivity contribution in [1.82, 2.24) is 20.4 Å². The smallest absolute Gasteiger partial charge is 0.407 e. The van der Waals surface area contributed by atoms with Crippen molar-refractivity contribution in [3.8, 4) is 23.7 Å². The van der Waals surface area contributed by atoms with Crippen molar-refractivity contribution in [3.05, 3.63) is 0 Å². The van der Waals surface area contributed by atoms with Crippen molar-refractivity contribution in [1.29, 1.82) is 0 Å². The number of carbonyl (C=O) groups is 6. The number of likely N-dealkylation sites (tertiary alicyclic amines) is 2. The van der Waals surface area contributed by atoms with Crippen LogP contribution in [0, 0.1) is 23.7 Å². The van der Waals surface area contributed by atoms with E-state index in [1.165, 1.54) is 7.11 Å². The van der Waals surface area contributed by atoms with E-state index in [-0.39, 0.29) is 56.0 Å². The molecule has 4 amide bonds. The van der Waals surface area contributed by atoms with Gasteiger partial charge in [-0.25, -0.2) is 9.59 Å². The van der Waals surface area contributed by atoms with Gasteiger partial charge in [0.2, 0.25) is 11.8 Å². The number of nitrogens with one attached hydrogen (secondary N) is 2. The molecule has 2 heterocycles. The van der Waals surface area contributed by atoms with Gasteiger partial charge in [-0.3, -0.25) is 19.2 Å². The van der Waals surface area contributed by atoms with Crippen molar-refractivity contribution >= 4 is 35.9 Å². The van der Waals surface area contributed by atoms with Crippen molar-refractivity contribution in [2.45, 2.75) is 129 Å². The van der Waals surface area contributed by atoms with Crippen LogP contribution in [0.2, 0.25) is 0 Å². The van der Waals surface area contributed by atoms with Gasteiger partial charge < -0.3 is 39.8 Å². The first-order valence-electron chi connectivity index (χ1n) is 18.2. The van der Waals surface area contributed by atoms with Crippen LogP contribution >= 0.6 is 0 Å². The van der Waals surface area contributed by atoms with Crippen LogP contribution in [0.5, 0.6) is 0 Å². The summed E-state index contributed by atoms with van der Waals surface area (Å²) >= 11 is 0. The topological polar surface area (TPSA) is 181 Å². The minimum atomic E-state index is -0.832. The van der Waals surface area contributed by atoms with Crippen LogP contribution in [0.1, 0.15) is 117 Å². The minimum Gasteiger partial charge on any atom is -0.481 e. The Morgan fingerprint density at radius 3 is 1.57 bits per heavy atom. The number of esters is 1. The molecule has 0 aromatic heterocycles. The summed E-state index contributed by atoms with van der Waals surface area (Å²) < 4.78 is 15.0. The Morgan fingerprint density at radius 1 is 0.706 bits per heavy atom. The maximum atomic E-state index is 12.0. The van der Waals surface area contributed by atoms with Crippen molar-refractivity contribution in [3.63, 3.8) is 0 Å². The van der Waals surface area contributed by atoms with E-state index in [1.54, 1.807) is 9.80 Å². The molecule has 0 radical (unpaired) electrons. The molecule has 0 spiro atoms. The number of carbonyl (C=O) groups excluding carboxylic acids is 5. The molecular formula is C37H58N4O10. The first kappa shape index (κ1) is 44.6. The highest BCUT2D eigenvalue weighted by molar-refractivity contribution is 5.79. The Labute approximate surface area is 303 Å². The molecule has 286 valence electrons. The number of amides is 4. The Bertz CT molecular complexity index is 1220. The normalized spacial score (nSPS) is 16.1. The summed E-state index contributed by atoms with van der Waals surface area (Å²) in [5, 5.41) is 14.0. The highest BCUT2D eigenvalue weighted by Crippen LogP contribution is 2.19. The van der Waals surface area contributed by atoms with E-state index < -0.39 is 18.2 Å². The lowest BCUT2D eigenvalue weighted by Gasteiger charge is -2.22. The van der Waals surface area contributed by atoms with Crippen LogP contribution in [-0.4, -0.2) is 109 Å². The second-order valence-electron chi connectivity index (χ2n) is 12.3. The molecule has 0 unspecified atom stereocenters. The zero-order chi connectivity index (χ0) is 37.7. The van der Waals surface area contributed by atoms with Gasteiger partial charge in [-0.15, -0.1) is 11.8 Å². The highest BCUT2D eigenvalue weighted by Gasteiger charge is 2.32. The summed E-state index contributed by atoms with van der Waals surface area (Å²) in [4.78, 5) is 71.9. The molecule has 14 heteroatoms. The predicted octanol–water partition coefficient (Wildman–Crippen LogP) is 4.39. The van der Waals surface area contributed by atoms with E-state index in [1.807, 2.05) is 0 Å². The molecule has 14 nitrogen and oxygen atoms in total. The minimum absolute atomic E-state index is 0.0109. The molecule has 0 bridgehead atoms. The molecule has 3 N–H and O–H groups in total. The Morgan fingerprint density at radius 2 is 1.16 bits per heavy atom. The zero-order valence-corrected chi connectivity index (χ0v) is 30.7. The maximum absolute atomic E-state index is 12.0. The maximum Gasteiger partial charge on any atom is 0.407 e. The Balaban J connectivity index is 0.000000510. The summed E-state index contributed by atoms with van der Waals surface area (Å²) in [7, 11) is 1.36. The summed E-state index contributed by atoms with van der Waals surface area (Å²) in [5.74, 6) is 10.7. The first-order valence-corrected chi connectivity index (χ1v) is 18.2. The molecule has 2 saturated heterocycles. The molecule has 2 fully saturated rings. The van der Waals surface area contributed by atoms with E-state index >= 15 is 0 Å². The molecule has 2 rings (SSSR count). The van der Waals surface area contributed by atoms with Gasteiger partial charge in [0.15, 0.2) is 0 Å². The monoisotopic (exact) mass is 718 g/mol. The van der Waals surface area contributed by atoms with E-state index in [0.717, 1.165) is 38.5 Å². The number of hydrogen-bond acceptors (Lipinski definition) is 9. The van der Waals surface area contributed by atoms with Gasteiger partial charge in [-0.2, -0.15) is 0 Å². The number of carboxylic acids is 1. The Kier molecular flexibility index (Phi) is 24.7. The third-order valence-electron chi connectivity index (χ3n) is 8.17. The third-order valence-corrected chi connectivity index (χ3v) is 8.17. The van der Waals surface area contributed by atoms with E-state index in [4.69, 9.17) is 14.6 Å². The summed E-state index contributed by atoms with van der Waals surface area (Å²) in [6.45, 7) is 6.38. The van der Waals surface area contributed by atoms with Crippen molar-refractivity contribution in [2.75, 3.05) is 46.5 Å². The van der Waals surface area contributed by atoms with E-state index in [2.05, 4.69) is 52.9 Å². The lowest BCUT2D eigenvalue weighted by molar-refractivity contribution is -0.141. The molecular weight excluding hydrogens is 660 g/mol. The molecule has 0 aromatic carbocycles. The number of hydrogen-bond donors (Lipinski definition) is 3. The van der Waals surface area contributed by atoms with Gasteiger partial charge >= 0.3 is 24.1 Å². The highest BCUT2D eigenvalue weighted by atomic mass is 16.6. The van der Waals surface area contributed by atoms with Gasteiger partial charge in [-0.05, 0) is 38.5 Å². The van der Waals surface area contributed by atoms with Gasteiger partial charge in [0.05, 0.1) is 32.3 Å². The number of carboxylic acid groups (broad SMARTS) is 1. The number of alkyl carbamates (subject to hydrolysis) is 2. The van der Waals surface area contributed by atoms with Gasteiger partial charge in [0.1, 0.15) is 13.2 Å². The second kappa shape index (κ2) is 28.3. The van der Waals surface area contributed by atoms with Crippen LogP contribution in [-0.2, 0) is 33.4 Å². The molecule has 0 aromatic rings. The average Bonchev–Trinajstić information content (AvgIpc) is 3.66. The molecule has 0 saturated carbocycles. The molecule has 2 atom stereocenters. The summed E-state index contributed by atoms with van der Waals surface area (Å²) in [6, 6.07) is -0.254. The molecule has 51 heavy (non-hydrogen) atoms. The van der Waals surface area contributed by atoms with E-state index in [0.29, 0.717) is 77.4 Å². The fourth-order valence-electron chi connectivity index (χ4n) is 5.15. The Hall–Kier alpha value is -4.46. The number of nitrogens with zero attached hydrogens (tertiary/aromatic N) is 2. The van der Waals surface area contributed by atoms with Crippen molar-refractivity contribution in [2.24, 2.45) is 0 Å². The largest absolute Gasteiger partial charge is 0.481 e. The van der Waals surface area contributed by atoms with Crippen LogP contribution in [0.3, 0.4) is 0 Å². The quantitative estimate of drug-likeness (QED) is 0.0707. The van der Waals surface area contributed by atoms with Crippen LogP contribution < -0.4 is 10.6 Å². The van der Waals surface area contributed by atoms with Gasteiger partial charge in [-0.1, -0.05) is 51.4 Å². The SMILES string of the molecule is CCCCCNC(=O)OC[C@H]1CCC(=O)N1CC#CCCCC(=O)O.CCCCCNC(=O)OC[C@H]1CCC(=O)N1CC#CCCCC(=O)OC. The first-order chi connectivity index (χ1) is 24.6. The molecule has 0 aliphatic carbocycles. The van der Waals surface area contributed by atoms with Crippen molar-refractivity contribution < 1.29 is 48.1 Å². The fraction of sp³-hybridized carbons (Fsp3) is 0.730. The van der Waals surface area contributed by atoms with Gasteiger partial charge in [0, 0.05) is 51.6 Å². The second-order valence-corrected chi connectivity index (χ2v) is 12.3. The predicted molar refractivity (Wildman–Crippen MR) is 190 cm³/mol. The standard InChI is InChI=1S/C19H30N2O5.C18H28N2O5/c1-3-4-8-13-20-19(24)26-15-16-11-12-17(22)21(16)14-9-6-5-7-10-18(23)25-2;1-2-3-7-12-19-18(24)25-14-15-10-11-16(21)20(15)13-8-5-4-6-9-17(22)23/h16H,3-5,7-8,10-15H2,1-2H3,(H,20,24);15H,2-4,6-7,9-14H2,1H3,(H,19,24)(H,22,23)/t16-;15-/m11/s1. The van der Waals surface area contributed by atoms with Gasteiger partial charge in [0.25, 0.3) is 0 Å². The molecule has 2 aliphatic rings. The van der Waals surface area contributed by atoms with Crippen LogP contribution in [0.15, 0.2) is 0 Å². The fourth-order valence-corrected chi connectivity index (χ4v) is 5.15. The van der Waals surface area contributed by atoms with E-state index in [9.17, 15) is 28.8 Å². The number of methoxy groups -OCH3 is 1. The zero-order valence-electron chi connectivity index (χ0n) is 30.7. The average molecular weight is 719 g/mol. The number of aliphatic carboxylic acids is 1. The van der Waals surface area contributed by atoms with Crippen LogP contribution in [0.4, 0.5) is 9.59 Å². The molecule has 2 aliphatic heterocycles. The van der Waals surface area contributed by atoms with Crippen LogP contribution in [0.25, 0.3) is 0 Å². The number of rotatable bonds is 20. The summed E-state index contributed by atoms with van der Waals surface area (Å²) in [5.41, 5.74) is 0. The number of unbranched alkanes of at least 4 members (excludes halogenated alkanes) is 6. The summed E-state index contributed by atoms with van der Waals surface area (Å²) in [6.07, 6.45) is 10.2. The lowest BCUT2D eigenvalue weighted by atomic mass is 10.2. The number of ether oxygens (including phenoxy) is 3. The lowest BCUT2D eigenvalue weighted by Crippen LogP contribution is -2.38. The third kappa shape index (κ3) is 21.4.